The standard InChI is InChI=1S/C15H18N2O4S/c1-3-13(12-6-7-21-9-12)11-5-4-10(2)14(8-11)22(19,20)17-15(16)18/h4-9,13H,3H2,1-2H3,(H3,16,17,18). The van der Waals surface area contributed by atoms with E-state index >= 15 is 0 Å². The number of primary amides is 1. The van der Waals surface area contributed by atoms with Crippen LogP contribution in [-0.4, -0.2) is 14.4 Å². The van der Waals surface area contributed by atoms with E-state index < -0.39 is 16.1 Å². The summed E-state index contributed by atoms with van der Waals surface area (Å²) in [6.07, 6.45) is 4.01. The second-order valence-electron chi connectivity index (χ2n) is 5.01. The lowest BCUT2D eigenvalue weighted by Gasteiger charge is -2.16. The van der Waals surface area contributed by atoms with Crippen LogP contribution in [0.3, 0.4) is 0 Å². The summed E-state index contributed by atoms with van der Waals surface area (Å²) < 4.78 is 31.3. The highest BCUT2D eigenvalue weighted by Crippen LogP contribution is 2.30. The van der Waals surface area contributed by atoms with Gasteiger partial charge < -0.3 is 10.2 Å². The average molecular weight is 322 g/mol. The van der Waals surface area contributed by atoms with Gasteiger partial charge in [-0.3, -0.25) is 0 Å². The van der Waals surface area contributed by atoms with E-state index in [4.69, 9.17) is 10.2 Å². The first-order chi connectivity index (χ1) is 10.3. The molecule has 0 aliphatic carbocycles. The summed E-state index contributed by atoms with van der Waals surface area (Å²) in [6.45, 7) is 3.67. The van der Waals surface area contributed by atoms with Crippen molar-refractivity contribution in [3.8, 4) is 0 Å². The number of nitrogens with two attached hydrogens (primary N) is 1. The number of hydrogen-bond acceptors (Lipinski definition) is 4. The van der Waals surface area contributed by atoms with Gasteiger partial charge in [-0.05, 0) is 42.2 Å². The molecule has 2 amide bonds. The van der Waals surface area contributed by atoms with E-state index in [-0.39, 0.29) is 10.8 Å². The first kappa shape index (κ1) is 16.1. The molecular weight excluding hydrogens is 304 g/mol. The van der Waals surface area contributed by atoms with Gasteiger partial charge in [0.2, 0.25) is 0 Å². The third kappa shape index (κ3) is 3.30. The van der Waals surface area contributed by atoms with E-state index in [1.165, 1.54) is 0 Å². The zero-order valence-corrected chi connectivity index (χ0v) is 13.2. The molecule has 0 aliphatic heterocycles. The van der Waals surface area contributed by atoms with Crippen molar-refractivity contribution in [2.45, 2.75) is 31.1 Å². The molecule has 2 aromatic rings. The van der Waals surface area contributed by atoms with Gasteiger partial charge in [0, 0.05) is 5.92 Å². The van der Waals surface area contributed by atoms with E-state index in [2.05, 4.69) is 0 Å². The SMILES string of the molecule is CCC(c1ccoc1)c1ccc(C)c(S(=O)(=O)NC(N)=O)c1. The largest absolute Gasteiger partial charge is 0.472 e. The summed E-state index contributed by atoms with van der Waals surface area (Å²) in [5.74, 6) is 0.0156. The van der Waals surface area contributed by atoms with Crippen molar-refractivity contribution >= 4 is 16.1 Å². The number of hydrogen-bond donors (Lipinski definition) is 2. The van der Waals surface area contributed by atoms with Crippen molar-refractivity contribution in [1.29, 1.82) is 0 Å². The molecule has 0 radical (unpaired) electrons. The van der Waals surface area contributed by atoms with Gasteiger partial charge in [0.15, 0.2) is 0 Å². The Morgan fingerprint density at radius 1 is 1.32 bits per heavy atom. The lowest BCUT2D eigenvalue weighted by atomic mass is 9.90. The predicted molar refractivity (Wildman–Crippen MR) is 81.9 cm³/mol. The first-order valence-electron chi connectivity index (χ1n) is 6.80. The van der Waals surface area contributed by atoms with E-state index in [9.17, 15) is 13.2 Å². The second-order valence-corrected chi connectivity index (χ2v) is 6.66. The molecule has 1 aromatic heterocycles. The summed E-state index contributed by atoms with van der Waals surface area (Å²) in [5, 5.41) is 0. The fourth-order valence-corrected chi connectivity index (χ4v) is 3.61. The van der Waals surface area contributed by atoms with Gasteiger partial charge in [-0.1, -0.05) is 19.1 Å². The molecule has 2 rings (SSSR count). The van der Waals surface area contributed by atoms with Crippen molar-refractivity contribution in [2.24, 2.45) is 5.73 Å². The molecular formula is C15H18N2O4S. The normalized spacial score (nSPS) is 12.8. The molecule has 0 spiro atoms. The summed E-state index contributed by atoms with van der Waals surface area (Å²) in [7, 11) is -3.97. The van der Waals surface area contributed by atoms with Gasteiger partial charge >= 0.3 is 6.03 Å². The Labute approximate surface area is 129 Å². The summed E-state index contributed by atoms with van der Waals surface area (Å²) in [4.78, 5) is 10.9. The van der Waals surface area contributed by atoms with Crippen molar-refractivity contribution in [3.05, 3.63) is 53.5 Å². The summed E-state index contributed by atoms with van der Waals surface area (Å²) in [5.41, 5.74) is 7.27. The van der Waals surface area contributed by atoms with Crippen LogP contribution in [0.15, 0.2) is 46.1 Å². The Kier molecular flexibility index (Phi) is 4.56. The van der Waals surface area contributed by atoms with Crippen LogP contribution in [0, 0.1) is 6.92 Å². The number of sulfonamides is 1. The molecule has 1 atom stereocenters. The van der Waals surface area contributed by atoms with Gasteiger partial charge in [0.1, 0.15) is 0 Å². The third-order valence-electron chi connectivity index (χ3n) is 3.49. The molecule has 1 aromatic carbocycles. The number of carbonyl (C=O) groups is 1. The third-order valence-corrected chi connectivity index (χ3v) is 4.98. The minimum Gasteiger partial charge on any atom is -0.472 e. The lowest BCUT2D eigenvalue weighted by molar-refractivity contribution is 0.253. The lowest BCUT2D eigenvalue weighted by Crippen LogP contribution is -2.35. The number of furan rings is 1. The Balaban J connectivity index is 2.49. The van der Waals surface area contributed by atoms with Crippen LogP contribution in [0.25, 0.3) is 0 Å². The smallest absolute Gasteiger partial charge is 0.326 e. The van der Waals surface area contributed by atoms with Gasteiger partial charge in [0.25, 0.3) is 10.0 Å². The second kappa shape index (κ2) is 6.23. The van der Waals surface area contributed by atoms with Gasteiger partial charge in [-0.25, -0.2) is 17.9 Å². The zero-order valence-electron chi connectivity index (χ0n) is 12.4. The number of urea groups is 1. The van der Waals surface area contributed by atoms with E-state index in [1.54, 1.807) is 36.3 Å². The molecule has 0 saturated carbocycles. The average Bonchev–Trinajstić information content (AvgIpc) is 2.93. The van der Waals surface area contributed by atoms with Gasteiger partial charge in [-0.2, -0.15) is 0 Å². The number of amides is 2. The minimum atomic E-state index is -3.97. The van der Waals surface area contributed by atoms with Crippen LogP contribution in [0.5, 0.6) is 0 Å². The summed E-state index contributed by atoms with van der Waals surface area (Å²) in [6, 6.07) is 5.91. The molecule has 0 aliphatic rings. The van der Waals surface area contributed by atoms with Crippen LogP contribution in [0.1, 0.15) is 36.0 Å². The molecule has 1 heterocycles. The van der Waals surface area contributed by atoms with Crippen LogP contribution in [-0.2, 0) is 10.0 Å². The molecule has 7 heteroatoms. The molecule has 0 bridgehead atoms. The summed E-state index contributed by atoms with van der Waals surface area (Å²) >= 11 is 0. The number of benzene rings is 1. The van der Waals surface area contributed by atoms with Gasteiger partial charge in [0.05, 0.1) is 17.4 Å². The molecule has 3 N–H and O–H groups in total. The van der Waals surface area contributed by atoms with Crippen LogP contribution in [0.4, 0.5) is 4.79 Å². The molecule has 1 unspecified atom stereocenters. The highest BCUT2D eigenvalue weighted by Gasteiger charge is 2.21. The van der Waals surface area contributed by atoms with Crippen molar-refractivity contribution < 1.29 is 17.6 Å². The Bertz CT molecular complexity index is 767. The topological polar surface area (TPSA) is 102 Å². The fraction of sp³-hybridized carbons (Fsp3) is 0.267. The number of rotatable bonds is 5. The maximum Gasteiger partial charge on any atom is 0.326 e. The van der Waals surface area contributed by atoms with E-state index in [0.29, 0.717) is 5.56 Å². The number of aryl methyl sites for hydroxylation is 1. The maximum absolute atomic E-state index is 12.2. The highest BCUT2D eigenvalue weighted by atomic mass is 32.2. The van der Waals surface area contributed by atoms with Crippen molar-refractivity contribution in [3.63, 3.8) is 0 Å². The predicted octanol–water partition coefficient (Wildman–Crippen LogP) is 2.49. The van der Waals surface area contributed by atoms with Crippen LogP contribution in [0.2, 0.25) is 0 Å². The number of nitrogens with one attached hydrogen (secondary N) is 1. The Hall–Kier alpha value is -2.28. The monoisotopic (exact) mass is 322 g/mol. The van der Waals surface area contributed by atoms with E-state index in [0.717, 1.165) is 17.5 Å². The quantitative estimate of drug-likeness (QED) is 0.882. The van der Waals surface area contributed by atoms with Crippen molar-refractivity contribution in [1.82, 2.24) is 4.72 Å². The highest BCUT2D eigenvalue weighted by molar-refractivity contribution is 7.90. The molecule has 0 fully saturated rings. The zero-order chi connectivity index (χ0) is 16.3. The Morgan fingerprint density at radius 3 is 2.59 bits per heavy atom. The van der Waals surface area contributed by atoms with E-state index in [1.807, 2.05) is 19.1 Å². The molecule has 118 valence electrons. The molecule has 0 saturated heterocycles. The van der Waals surface area contributed by atoms with Gasteiger partial charge in [-0.15, -0.1) is 0 Å². The first-order valence-corrected chi connectivity index (χ1v) is 8.28. The Morgan fingerprint density at radius 2 is 2.05 bits per heavy atom. The fourth-order valence-electron chi connectivity index (χ4n) is 2.45. The molecule has 6 nitrogen and oxygen atoms in total. The van der Waals surface area contributed by atoms with Crippen molar-refractivity contribution in [2.75, 3.05) is 0 Å². The minimum absolute atomic E-state index is 0.0156. The van der Waals surface area contributed by atoms with Crippen LogP contribution >= 0.6 is 0 Å². The maximum atomic E-state index is 12.2. The van der Waals surface area contributed by atoms with Crippen LogP contribution < -0.4 is 10.5 Å². The molecule has 22 heavy (non-hydrogen) atoms. The number of carbonyl (C=O) groups excluding carboxylic acids is 1.